The summed E-state index contributed by atoms with van der Waals surface area (Å²) < 4.78 is 0. The molecule has 0 spiro atoms. The van der Waals surface area contributed by atoms with Gasteiger partial charge in [-0.05, 0) is 113 Å². The molecule has 25 heavy (non-hydrogen) atoms. The maximum Gasteiger partial charge on any atom is 0.0622 e. The minimum atomic E-state index is -0.406. The second-order valence-electron chi connectivity index (χ2n) is 10.9. The average molecular weight is 349 g/mol. The van der Waals surface area contributed by atoms with E-state index in [-0.39, 0.29) is 6.10 Å². The predicted octanol–water partition coefficient (Wildman–Crippen LogP) is 5.17. The van der Waals surface area contributed by atoms with Crippen molar-refractivity contribution in [3.8, 4) is 0 Å². The predicted molar refractivity (Wildman–Crippen MR) is 102 cm³/mol. The van der Waals surface area contributed by atoms with Gasteiger partial charge in [0.05, 0.1) is 11.7 Å². The van der Waals surface area contributed by atoms with Crippen LogP contribution in [0.25, 0.3) is 0 Å². The van der Waals surface area contributed by atoms with E-state index >= 15 is 0 Å². The van der Waals surface area contributed by atoms with Gasteiger partial charge >= 0.3 is 0 Å². The van der Waals surface area contributed by atoms with Gasteiger partial charge in [0.15, 0.2) is 0 Å². The van der Waals surface area contributed by atoms with E-state index in [4.69, 9.17) is 0 Å². The topological polar surface area (TPSA) is 40.5 Å². The molecule has 1 unspecified atom stereocenters. The third kappa shape index (κ3) is 3.10. The van der Waals surface area contributed by atoms with Gasteiger partial charge in [-0.25, -0.2) is 0 Å². The lowest BCUT2D eigenvalue weighted by atomic mass is 9.46. The fraction of sp³-hybridized carbons (Fsp3) is 1.00. The van der Waals surface area contributed by atoms with Crippen molar-refractivity contribution >= 4 is 0 Å². The molecule has 4 rings (SSSR count). The molecule has 0 aliphatic heterocycles. The van der Waals surface area contributed by atoms with Gasteiger partial charge < -0.3 is 10.2 Å². The van der Waals surface area contributed by atoms with Crippen LogP contribution in [-0.2, 0) is 0 Å². The first kappa shape index (κ1) is 18.3. The normalized spacial score (nSPS) is 54.6. The van der Waals surface area contributed by atoms with Gasteiger partial charge in [0.2, 0.25) is 0 Å². The van der Waals surface area contributed by atoms with Gasteiger partial charge in [-0.1, -0.05) is 19.8 Å². The Hall–Kier alpha value is -0.0800. The van der Waals surface area contributed by atoms with Crippen LogP contribution in [-0.4, -0.2) is 21.9 Å². The van der Waals surface area contributed by atoms with E-state index in [2.05, 4.69) is 13.8 Å². The molecule has 144 valence electrons. The average Bonchev–Trinajstić information content (AvgIpc) is 2.72. The van der Waals surface area contributed by atoms with Crippen LogP contribution < -0.4 is 0 Å². The molecule has 0 heterocycles. The first-order valence-corrected chi connectivity index (χ1v) is 11.2. The van der Waals surface area contributed by atoms with Gasteiger partial charge in [0.1, 0.15) is 0 Å². The van der Waals surface area contributed by atoms with E-state index in [1.807, 2.05) is 6.92 Å². The molecule has 2 N–H and O–H groups in total. The number of rotatable bonds is 1. The number of fused-ring (bicyclic) bond motifs is 5. The van der Waals surface area contributed by atoms with Crippen LogP contribution in [0.5, 0.6) is 0 Å². The number of aliphatic hydroxyl groups excluding tert-OH is 1. The summed E-state index contributed by atoms with van der Waals surface area (Å²) in [6, 6.07) is 0. The van der Waals surface area contributed by atoms with Gasteiger partial charge in [0.25, 0.3) is 0 Å². The van der Waals surface area contributed by atoms with Crippen molar-refractivity contribution in [3.05, 3.63) is 0 Å². The van der Waals surface area contributed by atoms with Crippen LogP contribution in [0.1, 0.15) is 91.4 Å². The fourth-order valence-electron chi connectivity index (χ4n) is 8.28. The standard InChI is InChI=1S/C23H40O2/c1-15(24)20-6-4-5-7-21-19-9-8-16-14-22(2,25)12-10-17(16)18(19)11-13-23(20,21)3/h15-21,24-25H,4-14H2,1-3H3/t15?,16-,17+,18-,19-,20+,21+,22-,23-/m1/s1. The zero-order valence-corrected chi connectivity index (χ0v) is 16.7. The summed E-state index contributed by atoms with van der Waals surface area (Å²) in [7, 11) is 0. The lowest BCUT2D eigenvalue weighted by Gasteiger charge is -2.59. The van der Waals surface area contributed by atoms with Crippen LogP contribution in [0.3, 0.4) is 0 Å². The summed E-state index contributed by atoms with van der Waals surface area (Å²) in [6.07, 6.45) is 13.9. The third-order valence-corrected chi connectivity index (χ3v) is 9.38. The number of aliphatic hydroxyl groups is 2. The molecule has 2 heteroatoms. The molecule has 0 aromatic carbocycles. The Morgan fingerprint density at radius 2 is 1.56 bits per heavy atom. The monoisotopic (exact) mass is 348 g/mol. The molecule has 4 aliphatic carbocycles. The van der Waals surface area contributed by atoms with E-state index in [1.165, 1.54) is 57.8 Å². The van der Waals surface area contributed by atoms with Crippen molar-refractivity contribution < 1.29 is 10.2 Å². The van der Waals surface area contributed by atoms with E-state index in [1.54, 1.807) is 0 Å². The second-order valence-corrected chi connectivity index (χ2v) is 10.9. The first-order chi connectivity index (χ1) is 11.8. The van der Waals surface area contributed by atoms with Crippen molar-refractivity contribution in [1.82, 2.24) is 0 Å². The summed E-state index contributed by atoms with van der Waals surface area (Å²) in [5.74, 6) is 4.77. The Balaban J connectivity index is 1.58. The Bertz CT molecular complexity index is 484. The summed E-state index contributed by atoms with van der Waals surface area (Å²) in [5.41, 5.74) is -0.0459. The van der Waals surface area contributed by atoms with Crippen molar-refractivity contribution in [2.24, 2.45) is 40.9 Å². The van der Waals surface area contributed by atoms with Crippen molar-refractivity contribution in [2.75, 3.05) is 0 Å². The molecule has 0 aromatic rings. The van der Waals surface area contributed by atoms with E-state index < -0.39 is 5.60 Å². The molecule has 4 saturated carbocycles. The maximum atomic E-state index is 10.5. The molecule has 2 nitrogen and oxygen atoms in total. The van der Waals surface area contributed by atoms with Gasteiger partial charge in [-0.3, -0.25) is 0 Å². The van der Waals surface area contributed by atoms with Crippen molar-refractivity contribution in [1.29, 1.82) is 0 Å². The minimum absolute atomic E-state index is 0.150. The highest BCUT2D eigenvalue weighted by atomic mass is 16.3. The lowest BCUT2D eigenvalue weighted by Crippen LogP contribution is -2.53. The highest BCUT2D eigenvalue weighted by Crippen LogP contribution is 2.63. The molecular weight excluding hydrogens is 308 g/mol. The second kappa shape index (κ2) is 6.51. The molecule has 4 fully saturated rings. The third-order valence-electron chi connectivity index (χ3n) is 9.38. The molecule has 0 radical (unpaired) electrons. The molecule has 9 atom stereocenters. The van der Waals surface area contributed by atoms with Gasteiger partial charge in [-0.15, -0.1) is 0 Å². The Morgan fingerprint density at radius 3 is 2.32 bits per heavy atom. The van der Waals surface area contributed by atoms with Gasteiger partial charge in [-0.2, -0.15) is 0 Å². The minimum Gasteiger partial charge on any atom is -0.393 e. The lowest BCUT2D eigenvalue weighted by molar-refractivity contribution is -0.124. The number of hydrogen-bond donors (Lipinski definition) is 2. The SMILES string of the molecule is CC(O)[C@@H]1CCCC[C@H]2[C@@H]3CC[C@@H]4C[C@](C)(O)CC[C@@H]4[C@H]3CC[C@]12C. The zero-order chi connectivity index (χ0) is 17.8. The smallest absolute Gasteiger partial charge is 0.0622 e. The molecule has 0 bridgehead atoms. The highest BCUT2D eigenvalue weighted by Gasteiger charge is 2.55. The largest absolute Gasteiger partial charge is 0.393 e. The molecule has 0 saturated heterocycles. The van der Waals surface area contributed by atoms with E-state index in [9.17, 15) is 10.2 Å². The summed E-state index contributed by atoms with van der Waals surface area (Å²) in [6.45, 7) is 6.64. The zero-order valence-electron chi connectivity index (χ0n) is 16.7. The van der Waals surface area contributed by atoms with Crippen LogP contribution in [0.4, 0.5) is 0 Å². The Kier molecular flexibility index (Phi) is 4.77. The van der Waals surface area contributed by atoms with Crippen LogP contribution >= 0.6 is 0 Å². The fourth-order valence-corrected chi connectivity index (χ4v) is 8.28. The first-order valence-electron chi connectivity index (χ1n) is 11.2. The summed E-state index contributed by atoms with van der Waals surface area (Å²) in [5, 5.41) is 21.1. The summed E-state index contributed by atoms with van der Waals surface area (Å²) in [4.78, 5) is 0. The quantitative estimate of drug-likeness (QED) is 0.686. The van der Waals surface area contributed by atoms with E-state index in [0.717, 1.165) is 42.4 Å². The maximum absolute atomic E-state index is 10.5. The molecule has 0 aromatic heterocycles. The number of hydrogen-bond acceptors (Lipinski definition) is 2. The van der Waals surface area contributed by atoms with E-state index in [0.29, 0.717) is 11.3 Å². The Labute approximate surface area is 154 Å². The highest BCUT2D eigenvalue weighted by molar-refractivity contribution is 5.05. The van der Waals surface area contributed by atoms with Crippen molar-refractivity contribution in [3.63, 3.8) is 0 Å². The molecular formula is C23H40O2. The van der Waals surface area contributed by atoms with Crippen molar-refractivity contribution in [2.45, 2.75) is 103 Å². The van der Waals surface area contributed by atoms with Gasteiger partial charge in [0, 0.05) is 0 Å². The van der Waals surface area contributed by atoms with Crippen LogP contribution in [0.15, 0.2) is 0 Å². The summed E-state index contributed by atoms with van der Waals surface area (Å²) >= 11 is 0. The molecule has 0 amide bonds. The van der Waals surface area contributed by atoms with Crippen LogP contribution in [0, 0.1) is 40.9 Å². The molecule has 4 aliphatic rings. The Morgan fingerprint density at radius 1 is 0.840 bits per heavy atom. The van der Waals surface area contributed by atoms with Crippen LogP contribution in [0.2, 0.25) is 0 Å².